The number of rotatable bonds is 7. The van der Waals surface area contributed by atoms with Crippen molar-refractivity contribution in [3.8, 4) is 11.3 Å². The summed E-state index contributed by atoms with van der Waals surface area (Å²) >= 11 is 1.34. The molecule has 0 saturated carbocycles. The van der Waals surface area contributed by atoms with Crippen molar-refractivity contribution in [2.24, 2.45) is 0 Å². The lowest BCUT2D eigenvalue weighted by molar-refractivity contribution is -0.385. The summed E-state index contributed by atoms with van der Waals surface area (Å²) in [5.74, 6) is -0.399. The van der Waals surface area contributed by atoms with Crippen LogP contribution in [-0.4, -0.2) is 20.4 Å². The van der Waals surface area contributed by atoms with E-state index in [1.165, 1.54) is 35.1 Å². The topological polar surface area (TPSA) is 90.1 Å². The third kappa shape index (κ3) is 5.07. The summed E-state index contributed by atoms with van der Waals surface area (Å²) in [6.45, 7) is 4.92. The monoisotopic (exact) mass is 458 g/mol. The predicted molar refractivity (Wildman–Crippen MR) is 131 cm³/mol. The van der Waals surface area contributed by atoms with Gasteiger partial charge in [-0.2, -0.15) is 0 Å². The van der Waals surface area contributed by atoms with Crippen LogP contribution in [0.5, 0.6) is 0 Å². The molecule has 0 atom stereocenters. The highest BCUT2D eigenvalue weighted by atomic mass is 32.1. The van der Waals surface area contributed by atoms with Gasteiger partial charge >= 0.3 is 0 Å². The number of nitro groups is 1. The van der Waals surface area contributed by atoms with Gasteiger partial charge in [0.1, 0.15) is 0 Å². The van der Waals surface area contributed by atoms with Gasteiger partial charge in [0.25, 0.3) is 5.69 Å². The lowest BCUT2D eigenvalue weighted by Crippen LogP contribution is -2.07. The Hall–Kier alpha value is -4.04. The van der Waals surface area contributed by atoms with Crippen LogP contribution in [0.4, 0.5) is 10.8 Å². The first-order valence-corrected chi connectivity index (χ1v) is 11.2. The van der Waals surface area contributed by atoms with E-state index in [9.17, 15) is 14.9 Å². The molecule has 1 amide bonds. The van der Waals surface area contributed by atoms with E-state index in [-0.39, 0.29) is 5.69 Å². The van der Waals surface area contributed by atoms with E-state index in [0.29, 0.717) is 10.7 Å². The number of carbonyl (C=O) groups is 1. The average molecular weight is 459 g/mol. The van der Waals surface area contributed by atoms with E-state index in [0.717, 1.165) is 29.2 Å². The van der Waals surface area contributed by atoms with Gasteiger partial charge in [0.05, 0.1) is 16.2 Å². The lowest BCUT2D eigenvalue weighted by Gasteiger charge is -2.09. The highest BCUT2D eigenvalue weighted by Crippen LogP contribution is 2.30. The van der Waals surface area contributed by atoms with Crippen molar-refractivity contribution in [3.05, 3.63) is 105 Å². The van der Waals surface area contributed by atoms with Crippen molar-refractivity contribution in [2.45, 2.75) is 20.4 Å². The molecule has 8 heteroatoms. The van der Waals surface area contributed by atoms with Gasteiger partial charge in [-0.15, -0.1) is 11.3 Å². The number of nitrogens with zero attached hydrogens (tertiary/aromatic N) is 3. The van der Waals surface area contributed by atoms with Crippen molar-refractivity contribution in [1.82, 2.24) is 9.55 Å². The summed E-state index contributed by atoms with van der Waals surface area (Å²) in [6.07, 6.45) is 2.70. The SMILES string of the molecule is Cc1cc(-c2csc(NC(=O)/C=C/c3ccccc3[N+](=O)[O-])n2)c(C)n1Cc1ccccc1. The van der Waals surface area contributed by atoms with Crippen LogP contribution >= 0.6 is 11.3 Å². The van der Waals surface area contributed by atoms with Crippen LogP contribution in [0.2, 0.25) is 0 Å². The molecule has 0 unspecified atom stereocenters. The number of para-hydroxylation sites is 1. The van der Waals surface area contributed by atoms with Crippen LogP contribution in [0.3, 0.4) is 0 Å². The van der Waals surface area contributed by atoms with Gasteiger partial charge < -0.3 is 4.57 Å². The number of amides is 1. The number of nitrogens with one attached hydrogen (secondary N) is 1. The Morgan fingerprint density at radius 3 is 2.64 bits per heavy atom. The van der Waals surface area contributed by atoms with Crippen LogP contribution in [0.15, 0.2) is 72.1 Å². The van der Waals surface area contributed by atoms with Crippen molar-refractivity contribution < 1.29 is 9.72 Å². The molecule has 0 saturated heterocycles. The third-order valence-electron chi connectivity index (χ3n) is 5.32. The minimum absolute atomic E-state index is 0.0519. The Bertz CT molecular complexity index is 1340. The molecule has 0 aliphatic heterocycles. The maximum atomic E-state index is 12.3. The standard InChI is InChI=1S/C25H22N4O3S/c1-17-14-21(18(2)28(17)15-19-8-4-3-5-9-19)22-16-33-25(26-22)27-24(30)13-12-20-10-6-7-11-23(20)29(31)32/h3-14,16H,15H2,1-2H3,(H,26,27,30)/b13-12+. The summed E-state index contributed by atoms with van der Waals surface area (Å²) in [6, 6.07) is 18.6. The minimum Gasteiger partial charge on any atom is -0.344 e. The average Bonchev–Trinajstić information content (AvgIpc) is 3.38. The number of nitro benzene ring substituents is 1. The fraction of sp³-hybridized carbons (Fsp3) is 0.120. The van der Waals surface area contributed by atoms with Crippen LogP contribution in [-0.2, 0) is 11.3 Å². The van der Waals surface area contributed by atoms with E-state index in [2.05, 4.69) is 46.9 Å². The van der Waals surface area contributed by atoms with E-state index < -0.39 is 10.8 Å². The van der Waals surface area contributed by atoms with Crippen LogP contribution in [0.1, 0.15) is 22.5 Å². The highest BCUT2D eigenvalue weighted by molar-refractivity contribution is 7.14. The first-order chi connectivity index (χ1) is 15.9. The van der Waals surface area contributed by atoms with Gasteiger partial charge in [-0.3, -0.25) is 20.2 Å². The Morgan fingerprint density at radius 1 is 1.15 bits per heavy atom. The van der Waals surface area contributed by atoms with Gasteiger partial charge in [-0.1, -0.05) is 42.5 Å². The molecule has 0 aliphatic carbocycles. The summed E-state index contributed by atoms with van der Waals surface area (Å²) < 4.78 is 2.25. The number of hydrogen-bond acceptors (Lipinski definition) is 5. The smallest absolute Gasteiger partial charge is 0.276 e. The fourth-order valence-electron chi connectivity index (χ4n) is 3.63. The van der Waals surface area contributed by atoms with E-state index >= 15 is 0 Å². The lowest BCUT2D eigenvalue weighted by atomic mass is 10.1. The second-order valence-electron chi connectivity index (χ2n) is 7.53. The first-order valence-electron chi connectivity index (χ1n) is 10.3. The second-order valence-corrected chi connectivity index (χ2v) is 8.39. The number of benzene rings is 2. The van der Waals surface area contributed by atoms with Gasteiger partial charge in [-0.25, -0.2) is 4.98 Å². The molecule has 0 fully saturated rings. The molecule has 7 nitrogen and oxygen atoms in total. The number of thiazole rings is 1. The normalized spacial score (nSPS) is 11.1. The summed E-state index contributed by atoms with van der Waals surface area (Å²) in [7, 11) is 0. The molecular weight excluding hydrogens is 436 g/mol. The molecule has 166 valence electrons. The minimum atomic E-state index is -0.473. The highest BCUT2D eigenvalue weighted by Gasteiger charge is 2.15. The number of anilines is 1. The molecule has 1 N–H and O–H groups in total. The molecule has 2 aromatic heterocycles. The van der Waals surface area contributed by atoms with Crippen LogP contribution in [0, 0.1) is 24.0 Å². The summed E-state index contributed by atoms with van der Waals surface area (Å²) in [4.78, 5) is 27.5. The van der Waals surface area contributed by atoms with Crippen LogP contribution in [0.25, 0.3) is 17.3 Å². The second kappa shape index (κ2) is 9.62. The molecule has 4 rings (SSSR count). The molecule has 0 bridgehead atoms. The third-order valence-corrected chi connectivity index (χ3v) is 6.07. The molecule has 33 heavy (non-hydrogen) atoms. The fourth-order valence-corrected chi connectivity index (χ4v) is 4.35. The maximum absolute atomic E-state index is 12.3. The summed E-state index contributed by atoms with van der Waals surface area (Å²) in [5, 5.41) is 16.2. The molecule has 0 spiro atoms. The Balaban J connectivity index is 1.48. The Labute approximate surface area is 195 Å². The van der Waals surface area contributed by atoms with E-state index in [1.54, 1.807) is 18.2 Å². The van der Waals surface area contributed by atoms with Gasteiger partial charge in [0.2, 0.25) is 5.91 Å². The molecule has 2 aromatic carbocycles. The number of aromatic nitrogens is 2. The number of hydrogen-bond donors (Lipinski definition) is 1. The number of carbonyl (C=O) groups excluding carboxylic acids is 1. The number of aryl methyl sites for hydroxylation is 1. The van der Waals surface area contributed by atoms with Crippen LogP contribution < -0.4 is 5.32 Å². The Morgan fingerprint density at radius 2 is 1.88 bits per heavy atom. The van der Waals surface area contributed by atoms with Crippen molar-refractivity contribution in [3.63, 3.8) is 0 Å². The maximum Gasteiger partial charge on any atom is 0.276 e. The van der Waals surface area contributed by atoms with Crippen molar-refractivity contribution >= 4 is 34.1 Å². The molecule has 4 aromatic rings. The zero-order valence-corrected chi connectivity index (χ0v) is 19.0. The zero-order valence-electron chi connectivity index (χ0n) is 18.2. The van der Waals surface area contributed by atoms with E-state index in [1.807, 2.05) is 23.6 Å². The summed E-state index contributed by atoms with van der Waals surface area (Å²) in [5.41, 5.74) is 5.60. The largest absolute Gasteiger partial charge is 0.344 e. The predicted octanol–water partition coefficient (Wildman–Crippen LogP) is 5.84. The molecule has 2 heterocycles. The van der Waals surface area contributed by atoms with Gasteiger partial charge in [0.15, 0.2) is 5.13 Å². The van der Waals surface area contributed by atoms with E-state index in [4.69, 9.17) is 0 Å². The van der Waals surface area contributed by atoms with Crippen molar-refractivity contribution in [1.29, 1.82) is 0 Å². The van der Waals surface area contributed by atoms with Gasteiger partial charge in [0, 0.05) is 41.0 Å². The Kier molecular flexibility index (Phi) is 6.46. The zero-order chi connectivity index (χ0) is 23.4. The molecule has 0 radical (unpaired) electrons. The first kappa shape index (κ1) is 22.2. The molecule has 0 aliphatic rings. The quantitative estimate of drug-likeness (QED) is 0.214. The van der Waals surface area contributed by atoms with Crippen molar-refractivity contribution in [2.75, 3.05) is 5.32 Å². The molecular formula is C25H22N4O3S. The van der Waals surface area contributed by atoms with Gasteiger partial charge in [-0.05, 0) is 37.6 Å².